The average molecular weight is 270 g/mol. The summed E-state index contributed by atoms with van der Waals surface area (Å²) in [6, 6.07) is 9.87. The molecule has 0 saturated carbocycles. The van der Waals surface area contributed by atoms with Crippen molar-refractivity contribution in [1.82, 2.24) is 10.2 Å². The van der Waals surface area contributed by atoms with Crippen LogP contribution in [0.15, 0.2) is 24.3 Å². The minimum atomic E-state index is 0.111. The highest BCUT2D eigenvalue weighted by Crippen LogP contribution is 2.25. The third-order valence-corrected chi connectivity index (χ3v) is 3.25. The van der Waals surface area contributed by atoms with Crippen LogP contribution in [0.1, 0.15) is 19.5 Å². The molecule has 104 valence electrons. The molecule has 0 fully saturated rings. The third-order valence-electron chi connectivity index (χ3n) is 3.25. The molecule has 5 nitrogen and oxygen atoms in total. The smallest absolute Gasteiger partial charge is 0.186 e. The van der Waals surface area contributed by atoms with Crippen LogP contribution in [0.25, 0.3) is 10.9 Å². The summed E-state index contributed by atoms with van der Waals surface area (Å²) < 4.78 is 5.24. The highest BCUT2D eigenvalue weighted by Gasteiger charge is 2.17. The maximum absolute atomic E-state index is 9.24. The van der Waals surface area contributed by atoms with Crippen molar-refractivity contribution < 1.29 is 4.74 Å². The van der Waals surface area contributed by atoms with Crippen molar-refractivity contribution in [2.45, 2.75) is 19.9 Å². The number of anilines is 1. The molecule has 0 saturated heterocycles. The number of nitrogens with zero attached hydrogens (tertiary/aromatic N) is 3. The Labute approximate surface area is 118 Å². The number of methoxy groups -OCH3 is 1. The second-order valence-electron chi connectivity index (χ2n) is 5.00. The van der Waals surface area contributed by atoms with Gasteiger partial charge in [0.2, 0.25) is 0 Å². The van der Waals surface area contributed by atoms with Gasteiger partial charge in [-0.05, 0) is 12.0 Å². The number of ether oxygens (including phenoxy) is 1. The topological polar surface area (TPSA) is 70.8 Å². The minimum Gasteiger partial charge on any atom is -0.383 e. The lowest BCUT2D eigenvalue weighted by atomic mass is 10.0. The van der Waals surface area contributed by atoms with E-state index in [4.69, 9.17) is 4.74 Å². The Hall–Kier alpha value is -2.19. The number of nitriles is 1. The molecule has 1 heterocycles. The van der Waals surface area contributed by atoms with Crippen molar-refractivity contribution in [2.24, 2.45) is 5.92 Å². The second-order valence-corrected chi connectivity index (χ2v) is 5.00. The monoisotopic (exact) mass is 270 g/mol. The summed E-state index contributed by atoms with van der Waals surface area (Å²) in [5, 5.41) is 21.6. The molecule has 0 aliphatic rings. The van der Waals surface area contributed by atoms with Crippen molar-refractivity contribution in [3.05, 3.63) is 30.0 Å². The maximum atomic E-state index is 9.24. The molecule has 1 atom stereocenters. The van der Waals surface area contributed by atoms with Crippen LogP contribution in [0.4, 0.5) is 5.69 Å². The molecule has 1 N–H and O–H groups in total. The number of nitrogens with one attached hydrogen (secondary N) is 1. The van der Waals surface area contributed by atoms with Crippen molar-refractivity contribution in [2.75, 3.05) is 19.0 Å². The Bertz CT molecular complexity index is 633. The van der Waals surface area contributed by atoms with Crippen LogP contribution in [-0.2, 0) is 4.74 Å². The molecule has 20 heavy (non-hydrogen) atoms. The van der Waals surface area contributed by atoms with Crippen molar-refractivity contribution in [1.29, 1.82) is 5.26 Å². The van der Waals surface area contributed by atoms with E-state index in [-0.39, 0.29) is 6.04 Å². The van der Waals surface area contributed by atoms with Crippen LogP contribution in [0.2, 0.25) is 0 Å². The summed E-state index contributed by atoms with van der Waals surface area (Å²) in [6.45, 7) is 4.79. The molecule has 0 aliphatic carbocycles. The van der Waals surface area contributed by atoms with E-state index in [2.05, 4.69) is 35.4 Å². The van der Waals surface area contributed by atoms with Crippen molar-refractivity contribution in [3.63, 3.8) is 0 Å². The predicted octanol–water partition coefficient (Wildman–Crippen LogP) is 2.58. The van der Waals surface area contributed by atoms with Gasteiger partial charge in [-0.2, -0.15) is 5.26 Å². The Morgan fingerprint density at radius 2 is 2.05 bits per heavy atom. The number of hydrogen-bond acceptors (Lipinski definition) is 5. The van der Waals surface area contributed by atoms with Crippen molar-refractivity contribution >= 4 is 16.6 Å². The molecule has 0 amide bonds. The molecule has 0 radical (unpaired) electrons. The molecule has 0 spiro atoms. The molecule has 1 aromatic carbocycles. The maximum Gasteiger partial charge on any atom is 0.186 e. The van der Waals surface area contributed by atoms with Crippen LogP contribution >= 0.6 is 0 Å². The van der Waals surface area contributed by atoms with Gasteiger partial charge in [0.1, 0.15) is 6.07 Å². The first-order valence-corrected chi connectivity index (χ1v) is 6.58. The summed E-state index contributed by atoms with van der Waals surface area (Å²) >= 11 is 0. The van der Waals surface area contributed by atoms with Crippen LogP contribution in [0.5, 0.6) is 0 Å². The third kappa shape index (κ3) is 2.86. The van der Waals surface area contributed by atoms with Crippen LogP contribution in [-0.4, -0.2) is 30.0 Å². The SMILES string of the molecule is COCC(Nc1c(C#N)nnc2ccccc12)C(C)C. The minimum absolute atomic E-state index is 0.111. The Morgan fingerprint density at radius 3 is 2.70 bits per heavy atom. The standard InChI is InChI=1S/C15H18N4O/c1-10(2)14(9-20-3)17-15-11-6-4-5-7-12(11)18-19-13(15)8-16/h4-7,10,14H,9H2,1-3H3,(H,17,18). The van der Waals surface area contributed by atoms with Gasteiger partial charge in [0.25, 0.3) is 0 Å². The zero-order chi connectivity index (χ0) is 14.5. The summed E-state index contributed by atoms with van der Waals surface area (Å²) in [7, 11) is 1.67. The van der Waals surface area contributed by atoms with Crippen LogP contribution in [0.3, 0.4) is 0 Å². The van der Waals surface area contributed by atoms with Crippen LogP contribution in [0, 0.1) is 17.2 Å². The fraction of sp³-hybridized carbons (Fsp3) is 0.400. The van der Waals surface area contributed by atoms with Gasteiger partial charge >= 0.3 is 0 Å². The summed E-state index contributed by atoms with van der Waals surface area (Å²) in [5.41, 5.74) is 1.81. The molecular formula is C15H18N4O. The van der Waals surface area contributed by atoms with E-state index in [0.717, 1.165) is 16.6 Å². The Morgan fingerprint density at radius 1 is 1.30 bits per heavy atom. The first kappa shape index (κ1) is 14.2. The number of fused-ring (bicyclic) bond motifs is 1. The normalized spacial score (nSPS) is 12.3. The molecular weight excluding hydrogens is 252 g/mol. The molecule has 0 aliphatic heterocycles. The Kier molecular flexibility index (Phi) is 4.49. The van der Waals surface area contributed by atoms with Gasteiger partial charge in [0.05, 0.1) is 23.9 Å². The van der Waals surface area contributed by atoms with E-state index in [0.29, 0.717) is 18.2 Å². The predicted molar refractivity (Wildman–Crippen MR) is 78.4 cm³/mol. The fourth-order valence-corrected chi connectivity index (χ4v) is 2.04. The summed E-state index contributed by atoms with van der Waals surface area (Å²) in [5.74, 6) is 0.369. The van der Waals surface area contributed by atoms with E-state index in [1.807, 2.05) is 24.3 Å². The lowest BCUT2D eigenvalue weighted by molar-refractivity contribution is 0.171. The molecule has 1 unspecified atom stereocenters. The van der Waals surface area contributed by atoms with Gasteiger partial charge in [-0.15, -0.1) is 10.2 Å². The number of hydrogen-bond donors (Lipinski definition) is 1. The van der Waals surface area contributed by atoms with E-state index in [9.17, 15) is 5.26 Å². The van der Waals surface area contributed by atoms with Gasteiger partial charge in [-0.3, -0.25) is 0 Å². The second kappa shape index (κ2) is 6.31. The highest BCUT2D eigenvalue weighted by atomic mass is 16.5. The van der Waals surface area contributed by atoms with Gasteiger partial charge in [-0.1, -0.05) is 32.0 Å². The molecule has 2 rings (SSSR count). The van der Waals surface area contributed by atoms with E-state index in [1.54, 1.807) is 7.11 Å². The molecule has 0 bridgehead atoms. The lowest BCUT2D eigenvalue weighted by Gasteiger charge is -2.23. The molecule has 5 heteroatoms. The van der Waals surface area contributed by atoms with E-state index < -0.39 is 0 Å². The molecule has 1 aromatic heterocycles. The lowest BCUT2D eigenvalue weighted by Crippen LogP contribution is -2.31. The quantitative estimate of drug-likeness (QED) is 0.904. The van der Waals surface area contributed by atoms with Gasteiger partial charge < -0.3 is 10.1 Å². The van der Waals surface area contributed by atoms with E-state index in [1.165, 1.54) is 0 Å². The highest BCUT2D eigenvalue weighted by molar-refractivity contribution is 5.92. The van der Waals surface area contributed by atoms with Gasteiger partial charge in [0, 0.05) is 12.5 Å². The number of aromatic nitrogens is 2. The zero-order valence-corrected chi connectivity index (χ0v) is 11.9. The first-order valence-electron chi connectivity index (χ1n) is 6.58. The largest absolute Gasteiger partial charge is 0.383 e. The fourth-order valence-electron chi connectivity index (χ4n) is 2.04. The first-order chi connectivity index (χ1) is 9.67. The summed E-state index contributed by atoms with van der Waals surface area (Å²) in [4.78, 5) is 0. The van der Waals surface area contributed by atoms with Gasteiger partial charge in [-0.25, -0.2) is 0 Å². The van der Waals surface area contributed by atoms with Gasteiger partial charge in [0.15, 0.2) is 5.69 Å². The summed E-state index contributed by atoms with van der Waals surface area (Å²) in [6.07, 6.45) is 0. The van der Waals surface area contributed by atoms with E-state index >= 15 is 0 Å². The number of rotatable bonds is 5. The molecule has 2 aromatic rings. The average Bonchev–Trinajstić information content (AvgIpc) is 2.46. The van der Waals surface area contributed by atoms with Crippen LogP contribution < -0.4 is 5.32 Å². The Balaban J connectivity index is 2.48. The zero-order valence-electron chi connectivity index (χ0n) is 11.9. The number of benzene rings is 1. The van der Waals surface area contributed by atoms with Crippen molar-refractivity contribution in [3.8, 4) is 6.07 Å².